The average Bonchev–Trinajstić information content (AvgIpc) is 2.78. The molecule has 4 rings (SSSR count). The average molecular weight is 400 g/mol. The van der Waals surface area contributed by atoms with E-state index in [-0.39, 0.29) is 11.6 Å². The minimum Gasteiger partial charge on any atom is -0.457 e. The maximum absolute atomic E-state index is 11.8. The zero-order chi connectivity index (χ0) is 21.1. The Morgan fingerprint density at radius 2 is 1.73 bits per heavy atom. The molecule has 2 aromatic heterocycles. The summed E-state index contributed by atoms with van der Waals surface area (Å²) in [6.45, 7) is 2.04. The summed E-state index contributed by atoms with van der Waals surface area (Å²) in [6, 6.07) is 16.7. The topological polar surface area (TPSA) is 93.1 Å². The number of amides is 1. The largest absolute Gasteiger partial charge is 0.457 e. The molecule has 8 nitrogen and oxygen atoms in total. The minimum absolute atomic E-state index is 0.278. The summed E-state index contributed by atoms with van der Waals surface area (Å²) in [7, 11) is 3.45. The van der Waals surface area contributed by atoms with Crippen LogP contribution in [0.4, 0.5) is 11.6 Å². The van der Waals surface area contributed by atoms with E-state index in [0.717, 1.165) is 5.69 Å². The number of rotatable bonds is 5. The lowest BCUT2D eigenvalue weighted by Gasteiger charge is -2.17. The van der Waals surface area contributed by atoms with Crippen molar-refractivity contribution in [2.24, 2.45) is 0 Å². The highest BCUT2D eigenvalue weighted by molar-refractivity contribution is 5.92. The van der Waals surface area contributed by atoms with Crippen molar-refractivity contribution in [3.05, 3.63) is 72.1 Å². The summed E-state index contributed by atoms with van der Waals surface area (Å²) in [4.78, 5) is 22.3. The van der Waals surface area contributed by atoms with Crippen molar-refractivity contribution in [2.45, 2.75) is 6.92 Å². The highest BCUT2D eigenvalue weighted by Gasteiger charge is 2.11. The number of aryl methyl sites for hydroxylation is 1. The van der Waals surface area contributed by atoms with Gasteiger partial charge in [-0.25, -0.2) is 4.98 Å². The number of hydrogen-bond acceptors (Lipinski definition) is 7. The van der Waals surface area contributed by atoms with Gasteiger partial charge in [0.25, 0.3) is 5.91 Å². The van der Waals surface area contributed by atoms with Gasteiger partial charge < -0.3 is 15.0 Å². The Morgan fingerprint density at radius 1 is 0.967 bits per heavy atom. The van der Waals surface area contributed by atoms with Crippen LogP contribution in [0.5, 0.6) is 11.5 Å². The standard InChI is InChI=1S/C22H20N6O2/c1-14-4-6-15(7-5-14)28(3)22-25-19-12-16(8-9-18(19)26-27-22)30-17-10-11-24-20(13-17)21(29)23-2/h4-13H,1-3H3,(H,23,29). The number of fused-ring (bicyclic) bond motifs is 1. The fourth-order valence-corrected chi connectivity index (χ4v) is 2.86. The predicted octanol–water partition coefficient (Wildman–Crippen LogP) is 3.65. The van der Waals surface area contributed by atoms with E-state index in [9.17, 15) is 4.79 Å². The Labute approximate surface area is 173 Å². The molecule has 0 aliphatic heterocycles. The maximum atomic E-state index is 11.8. The van der Waals surface area contributed by atoms with Crippen LogP contribution in [0.15, 0.2) is 60.8 Å². The Morgan fingerprint density at radius 3 is 2.50 bits per heavy atom. The molecule has 2 heterocycles. The van der Waals surface area contributed by atoms with Crippen LogP contribution in [-0.2, 0) is 0 Å². The molecule has 1 N–H and O–H groups in total. The molecule has 0 saturated carbocycles. The van der Waals surface area contributed by atoms with E-state index >= 15 is 0 Å². The first-order valence-corrected chi connectivity index (χ1v) is 9.34. The molecule has 0 spiro atoms. The number of ether oxygens (including phenoxy) is 1. The number of carbonyl (C=O) groups is 1. The van der Waals surface area contributed by atoms with E-state index < -0.39 is 0 Å². The molecule has 0 aliphatic carbocycles. The van der Waals surface area contributed by atoms with Gasteiger partial charge in [-0.3, -0.25) is 9.78 Å². The molecular weight excluding hydrogens is 380 g/mol. The lowest BCUT2D eigenvalue weighted by Crippen LogP contribution is -2.18. The number of hydrogen-bond donors (Lipinski definition) is 1. The fraction of sp³-hybridized carbons (Fsp3) is 0.136. The molecule has 30 heavy (non-hydrogen) atoms. The minimum atomic E-state index is -0.278. The van der Waals surface area contributed by atoms with E-state index in [1.54, 1.807) is 37.4 Å². The molecule has 0 unspecified atom stereocenters. The van der Waals surface area contributed by atoms with Crippen LogP contribution in [0.2, 0.25) is 0 Å². The second-order valence-electron chi connectivity index (χ2n) is 6.71. The third-order valence-electron chi connectivity index (χ3n) is 4.56. The fourth-order valence-electron chi connectivity index (χ4n) is 2.86. The van der Waals surface area contributed by atoms with E-state index in [0.29, 0.717) is 28.5 Å². The van der Waals surface area contributed by atoms with Gasteiger partial charge in [-0.1, -0.05) is 17.7 Å². The first-order chi connectivity index (χ1) is 14.5. The van der Waals surface area contributed by atoms with Crippen molar-refractivity contribution in [1.82, 2.24) is 25.5 Å². The van der Waals surface area contributed by atoms with Gasteiger partial charge >= 0.3 is 0 Å². The van der Waals surface area contributed by atoms with Crippen LogP contribution >= 0.6 is 0 Å². The number of nitrogens with one attached hydrogen (secondary N) is 1. The number of pyridine rings is 1. The van der Waals surface area contributed by atoms with Crippen LogP contribution < -0.4 is 15.0 Å². The van der Waals surface area contributed by atoms with Crippen LogP contribution in [0, 0.1) is 6.92 Å². The van der Waals surface area contributed by atoms with Crippen molar-refractivity contribution >= 4 is 28.6 Å². The third kappa shape index (κ3) is 4.02. The second kappa shape index (κ2) is 8.12. The van der Waals surface area contributed by atoms with E-state index in [1.807, 2.05) is 43.1 Å². The molecule has 2 aromatic carbocycles. The maximum Gasteiger partial charge on any atom is 0.269 e. The third-order valence-corrected chi connectivity index (χ3v) is 4.56. The highest BCUT2D eigenvalue weighted by atomic mass is 16.5. The Bertz CT molecular complexity index is 1210. The van der Waals surface area contributed by atoms with Gasteiger partial charge in [0, 0.05) is 38.1 Å². The molecule has 0 radical (unpaired) electrons. The van der Waals surface area contributed by atoms with Gasteiger partial charge in [-0.05, 0) is 37.3 Å². The summed E-state index contributed by atoms with van der Waals surface area (Å²) in [5, 5.41) is 11.0. The van der Waals surface area contributed by atoms with E-state index in [2.05, 4.69) is 25.5 Å². The summed E-state index contributed by atoms with van der Waals surface area (Å²) in [5.41, 5.74) is 3.73. The van der Waals surface area contributed by atoms with Crippen LogP contribution in [0.3, 0.4) is 0 Å². The quantitative estimate of drug-likeness (QED) is 0.546. The molecule has 0 atom stereocenters. The normalized spacial score (nSPS) is 10.6. The molecule has 0 fully saturated rings. The Kier molecular flexibility index (Phi) is 5.21. The van der Waals surface area contributed by atoms with E-state index in [1.165, 1.54) is 11.8 Å². The number of benzene rings is 2. The SMILES string of the molecule is CNC(=O)c1cc(Oc2ccc3nnc(N(C)c4ccc(C)cc4)nc3c2)ccn1. The van der Waals surface area contributed by atoms with Gasteiger partial charge in [0.05, 0.1) is 5.52 Å². The molecule has 0 bridgehead atoms. The van der Waals surface area contributed by atoms with Gasteiger partial charge in [-0.2, -0.15) is 0 Å². The van der Waals surface area contributed by atoms with Crippen molar-refractivity contribution in [2.75, 3.05) is 19.0 Å². The van der Waals surface area contributed by atoms with Crippen LogP contribution in [0.1, 0.15) is 16.1 Å². The predicted molar refractivity (Wildman–Crippen MR) is 114 cm³/mol. The zero-order valence-electron chi connectivity index (χ0n) is 16.8. The molecular formula is C22H20N6O2. The number of anilines is 2. The molecule has 0 saturated heterocycles. The first kappa shape index (κ1) is 19.3. The zero-order valence-corrected chi connectivity index (χ0v) is 16.8. The molecule has 8 heteroatoms. The first-order valence-electron chi connectivity index (χ1n) is 9.34. The molecule has 1 amide bonds. The lowest BCUT2D eigenvalue weighted by molar-refractivity contribution is 0.0958. The summed E-state index contributed by atoms with van der Waals surface area (Å²) < 4.78 is 5.90. The molecule has 0 aliphatic rings. The monoisotopic (exact) mass is 400 g/mol. The summed E-state index contributed by atoms with van der Waals surface area (Å²) >= 11 is 0. The van der Waals surface area contributed by atoms with Gasteiger partial charge in [-0.15, -0.1) is 10.2 Å². The number of carbonyl (C=O) groups excluding carboxylic acids is 1. The smallest absolute Gasteiger partial charge is 0.269 e. The van der Waals surface area contributed by atoms with Crippen molar-refractivity contribution in [1.29, 1.82) is 0 Å². The van der Waals surface area contributed by atoms with Crippen LogP contribution in [0.25, 0.3) is 11.0 Å². The van der Waals surface area contributed by atoms with Gasteiger partial charge in [0.15, 0.2) is 0 Å². The van der Waals surface area contributed by atoms with Crippen LogP contribution in [-0.4, -0.2) is 40.2 Å². The van der Waals surface area contributed by atoms with Crippen molar-refractivity contribution in [3.63, 3.8) is 0 Å². The van der Waals surface area contributed by atoms with Crippen molar-refractivity contribution in [3.8, 4) is 11.5 Å². The lowest BCUT2D eigenvalue weighted by atomic mass is 10.2. The number of nitrogens with zero attached hydrogens (tertiary/aromatic N) is 5. The van der Waals surface area contributed by atoms with Gasteiger partial charge in [0.2, 0.25) is 5.95 Å². The highest BCUT2D eigenvalue weighted by Crippen LogP contribution is 2.26. The Hall–Kier alpha value is -4.07. The molecule has 4 aromatic rings. The summed E-state index contributed by atoms with van der Waals surface area (Å²) in [5.74, 6) is 1.27. The van der Waals surface area contributed by atoms with E-state index in [4.69, 9.17) is 4.74 Å². The summed E-state index contributed by atoms with van der Waals surface area (Å²) in [6.07, 6.45) is 1.53. The molecule has 150 valence electrons. The van der Waals surface area contributed by atoms with Crippen molar-refractivity contribution < 1.29 is 9.53 Å². The second-order valence-corrected chi connectivity index (χ2v) is 6.71. The number of aromatic nitrogens is 4. The Balaban J connectivity index is 1.62. The van der Waals surface area contributed by atoms with Gasteiger partial charge in [0.1, 0.15) is 22.7 Å².